The van der Waals surface area contributed by atoms with Crippen LogP contribution >= 0.6 is 23.4 Å². The number of anilines is 1. The lowest BCUT2D eigenvalue weighted by Crippen LogP contribution is -2.17. The van der Waals surface area contributed by atoms with Gasteiger partial charge in [-0.25, -0.2) is 4.68 Å². The first-order valence-corrected chi connectivity index (χ1v) is 10.1. The number of thioether (sulfide) groups is 1. The van der Waals surface area contributed by atoms with E-state index in [2.05, 4.69) is 20.6 Å². The number of nitriles is 1. The Bertz CT molecular complexity index is 1210. The molecule has 2 heterocycles. The standard InChI is InChI=1S/C20H13ClN6O2S/c21-15-8-6-13(7-9-15)19-25-26-20(29-19)30-12-17(28)24-18-14(10-22)11-23-27(18)16-4-2-1-3-5-16/h1-9,11H,12H2,(H,24,28). The lowest BCUT2D eigenvalue weighted by molar-refractivity contribution is -0.113. The minimum atomic E-state index is -0.333. The molecule has 30 heavy (non-hydrogen) atoms. The van der Waals surface area contributed by atoms with Crippen molar-refractivity contribution in [3.63, 3.8) is 0 Å². The van der Waals surface area contributed by atoms with Gasteiger partial charge in [0, 0.05) is 10.6 Å². The fourth-order valence-electron chi connectivity index (χ4n) is 2.59. The van der Waals surface area contributed by atoms with Crippen molar-refractivity contribution in [2.24, 2.45) is 0 Å². The SMILES string of the molecule is N#Cc1cnn(-c2ccccc2)c1NC(=O)CSc1nnc(-c2ccc(Cl)cc2)o1. The van der Waals surface area contributed by atoms with Crippen LogP contribution in [0.5, 0.6) is 0 Å². The summed E-state index contributed by atoms with van der Waals surface area (Å²) in [7, 11) is 0. The zero-order valence-corrected chi connectivity index (χ0v) is 16.9. The van der Waals surface area contributed by atoms with Gasteiger partial charge in [-0.3, -0.25) is 4.79 Å². The molecule has 148 valence electrons. The zero-order valence-electron chi connectivity index (χ0n) is 15.3. The van der Waals surface area contributed by atoms with E-state index in [1.807, 2.05) is 36.4 Å². The van der Waals surface area contributed by atoms with Crippen molar-refractivity contribution in [3.8, 4) is 23.2 Å². The maximum Gasteiger partial charge on any atom is 0.277 e. The molecule has 2 aromatic carbocycles. The summed E-state index contributed by atoms with van der Waals surface area (Å²) < 4.78 is 7.09. The van der Waals surface area contributed by atoms with Crippen LogP contribution in [-0.2, 0) is 4.79 Å². The Morgan fingerprint density at radius 3 is 2.67 bits per heavy atom. The van der Waals surface area contributed by atoms with Crippen molar-refractivity contribution in [2.45, 2.75) is 5.22 Å². The molecule has 2 aromatic heterocycles. The third-order valence-electron chi connectivity index (χ3n) is 3.97. The normalized spacial score (nSPS) is 10.5. The van der Waals surface area contributed by atoms with E-state index in [4.69, 9.17) is 16.0 Å². The van der Waals surface area contributed by atoms with Gasteiger partial charge in [0.2, 0.25) is 11.8 Å². The van der Waals surface area contributed by atoms with E-state index in [1.165, 1.54) is 10.9 Å². The highest BCUT2D eigenvalue weighted by Gasteiger charge is 2.16. The molecule has 0 saturated heterocycles. The smallest absolute Gasteiger partial charge is 0.277 e. The lowest BCUT2D eigenvalue weighted by Gasteiger charge is -2.09. The molecule has 1 N–H and O–H groups in total. The number of nitrogens with one attached hydrogen (secondary N) is 1. The predicted molar refractivity (Wildman–Crippen MR) is 112 cm³/mol. The van der Waals surface area contributed by atoms with Gasteiger partial charge in [0.25, 0.3) is 5.22 Å². The van der Waals surface area contributed by atoms with E-state index in [9.17, 15) is 10.1 Å². The van der Waals surface area contributed by atoms with E-state index in [0.717, 1.165) is 23.0 Å². The molecule has 0 fully saturated rings. The van der Waals surface area contributed by atoms with E-state index in [0.29, 0.717) is 16.7 Å². The molecule has 4 rings (SSSR count). The maximum absolute atomic E-state index is 12.5. The summed E-state index contributed by atoms with van der Waals surface area (Å²) in [6.45, 7) is 0. The number of halogens is 1. The van der Waals surface area contributed by atoms with Crippen LogP contribution in [0.3, 0.4) is 0 Å². The van der Waals surface area contributed by atoms with Gasteiger partial charge in [-0.15, -0.1) is 10.2 Å². The topological polar surface area (TPSA) is 110 Å². The average molecular weight is 437 g/mol. The second-order valence-electron chi connectivity index (χ2n) is 5.98. The molecule has 0 aliphatic carbocycles. The highest BCUT2D eigenvalue weighted by Crippen LogP contribution is 2.25. The number of nitrogens with zero attached hydrogens (tertiary/aromatic N) is 5. The number of carbonyl (C=O) groups excluding carboxylic acids is 1. The number of para-hydroxylation sites is 1. The number of amides is 1. The molecule has 0 aliphatic rings. The molecule has 0 aliphatic heterocycles. The van der Waals surface area contributed by atoms with Crippen LogP contribution in [0, 0.1) is 11.3 Å². The van der Waals surface area contributed by atoms with Crippen LogP contribution in [0.25, 0.3) is 17.1 Å². The Labute approximate surface area is 180 Å². The molecule has 10 heteroatoms. The molecule has 0 saturated carbocycles. The Hall–Kier alpha value is -3.61. The molecule has 0 atom stereocenters. The minimum Gasteiger partial charge on any atom is -0.411 e. The third-order valence-corrected chi connectivity index (χ3v) is 5.04. The number of hydrogen-bond acceptors (Lipinski definition) is 7. The van der Waals surface area contributed by atoms with Crippen molar-refractivity contribution in [2.75, 3.05) is 11.1 Å². The monoisotopic (exact) mass is 436 g/mol. The summed E-state index contributed by atoms with van der Waals surface area (Å²) >= 11 is 6.97. The molecule has 8 nitrogen and oxygen atoms in total. The summed E-state index contributed by atoms with van der Waals surface area (Å²) in [6.07, 6.45) is 1.41. The molecule has 1 amide bonds. The van der Waals surface area contributed by atoms with Crippen LogP contribution < -0.4 is 5.32 Å². The summed E-state index contributed by atoms with van der Waals surface area (Å²) in [4.78, 5) is 12.5. The molecular weight excluding hydrogens is 424 g/mol. The molecule has 4 aromatic rings. The quantitative estimate of drug-likeness (QED) is 0.451. The predicted octanol–water partition coefficient (Wildman–Crippen LogP) is 4.18. The Morgan fingerprint density at radius 2 is 1.93 bits per heavy atom. The summed E-state index contributed by atoms with van der Waals surface area (Å²) in [6, 6.07) is 18.2. The fraction of sp³-hybridized carbons (Fsp3) is 0.0500. The Kier molecular flexibility index (Phi) is 5.79. The van der Waals surface area contributed by atoms with Gasteiger partial charge in [-0.2, -0.15) is 10.4 Å². The van der Waals surface area contributed by atoms with E-state index in [-0.39, 0.29) is 22.4 Å². The highest BCUT2D eigenvalue weighted by molar-refractivity contribution is 7.99. The molecule has 0 spiro atoms. The summed E-state index contributed by atoms with van der Waals surface area (Å²) in [5.74, 6) is 0.332. The molecule has 0 radical (unpaired) electrons. The van der Waals surface area contributed by atoms with Gasteiger partial charge >= 0.3 is 0 Å². The van der Waals surface area contributed by atoms with Gasteiger partial charge in [-0.1, -0.05) is 41.6 Å². The lowest BCUT2D eigenvalue weighted by atomic mass is 10.2. The van der Waals surface area contributed by atoms with Crippen molar-refractivity contribution >= 4 is 35.1 Å². The molecule has 0 bridgehead atoms. The van der Waals surface area contributed by atoms with Crippen LogP contribution in [0.1, 0.15) is 5.56 Å². The first kappa shape index (κ1) is 19.7. The van der Waals surface area contributed by atoms with Crippen molar-refractivity contribution in [3.05, 3.63) is 71.4 Å². The number of carbonyl (C=O) groups is 1. The van der Waals surface area contributed by atoms with Gasteiger partial charge in [0.15, 0.2) is 5.82 Å². The van der Waals surface area contributed by atoms with Crippen LogP contribution in [0.2, 0.25) is 5.02 Å². The first-order valence-electron chi connectivity index (χ1n) is 8.69. The molecular formula is C20H13ClN6O2S. The largest absolute Gasteiger partial charge is 0.411 e. The Morgan fingerprint density at radius 1 is 1.17 bits per heavy atom. The zero-order chi connectivity index (χ0) is 20.9. The van der Waals surface area contributed by atoms with Gasteiger partial charge in [0.1, 0.15) is 11.6 Å². The molecule has 0 unspecified atom stereocenters. The van der Waals surface area contributed by atoms with Crippen molar-refractivity contribution in [1.82, 2.24) is 20.0 Å². The van der Waals surface area contributed by atoms with Gasteiger partial charge < -0.3 is 9.73 Å². The highest BCUT2D eigenvalue weighted by atomic mass is 35.5. The summed E-state index contributed by atoms with van der Waals surface area (Å²) in [5, 5.41) is 25.0. The summed E-state index contributed by atoms with van der Waals surface area (Å²) in [5.41, 5.74) is 1.72. The number of rotatable bonds is 6. The number of aromatic nitrogens is 4. The van der Waals surface area contributed by atoms with Crippen molar-refractivity contribution in [1.29, 1.82) is 5.26 Å². The second-order valence-corrected chi connectivity index (χ2v) is 7.35. The minimum absolute atomic E-state index is 0.0209. The van der Waals surface area contributed by atoms with E-state index < -0.39 is 0 Å². The number of hydrogen-bond donors (Lipinski definition) is 1. The van der Waals surface area contributed by atoms with Crippen molar-refractivity contribution < 1.29 is 9.21 Å². The first-order chi connectivity index (χ1) is 14.6. The Balaban J connectivity index is 1.43. The van der Waals surface area contributed by atoms with E-state index >= 15 is 0 Å². The van der Waals surface area contributed by atoms with Gasteiger partial charge in [0.05, 0.1) is 17.6 Å². The van der Waals surface area contributed by atoms with Crippen LogP contribution in [0.4, 0.5) is 5.82 Å². The number of benzene rings is 2. The average Bonchev–Trinajstić information content (AvgIpc) is 3.40. The third kappa shape index (κ3) is 4.35. The van der Waals surface area contributed by atoms with Crippen LogP contribution in [-0.4, -0.2) is 31.6 Å². The van der Waals surface area contributed by atoms with Gasteiger partial charge in [-0.05, 0) is 36.4 Å². The van der Waals surface area contributed by atoms with E-state index in [1.54, 1.807) is 24.3 Å². The second kappa shape index (κ2) is 8.82. The fourth-order valence-corrected chi connectivity index (χ4v) is 3.28. The maximum atomic E-state index is 12.5. The van der Waals surface area contributed by atoms with Crippen LogP contribution in [0.15, 0.2) is 70.4 Å².